The number of hydrogen-bond donors (Lipinski definition) is 0. The number of amides is 1. The summed E-state index contributed by atoms with van der Waals surface area (Å²) in [4.78, 5) is 13.8. The molecule has 18 heavy (non-hydrogen) atoms. The Kier molecular flexibility index (Phi) is 3.66. The second-order valence-corrected chi connectivity index (χ2v) is 6.01. The van der Waals surface area contributed by atoms with Gasteiger partial charge in [0.2, 0.25) is 0 Å². The summed E-state index contributed by atoms with van der Waals surface area (Å²) >= 11 is 3.59. The Bertz CT molecular complexity index is 471. The van der Waals surface area contributed by atoms with Gasteiger partial charge in [-0.1, -0.05) is 28.1 Å². The van der Waals surface area contributed by atoms with Gasteiger partial charge in [-0.25, -0.2) is 4.79 Å². The molecule has 0 N–H and O–H groups in total. The van der Waals surface area contributed by atoms with Crippen LogP contribution in [0, 0.1) is 0 Å². The Hall–Kier alpha value is -1.03. The molecule has 1 aromatic carbocycles. The zero-order valence-corrected chi connectivity index (χ0v) is 12.6. The fourth-order valence-electron chi connectivity index (χ4n) is 2.37. The van der Waals surface area contributed by atoms with Gasteiger partial charge in [0.15, 0.2) is 0 Å². The lowest BCUT2D eigenvalue weighted by molar-refractivity contribution is 0.0548. The van der Waals surface area contributed by atoms with Crippen LogP contribution in [0.5, 0.6) is 0 Å². The van der Waals surface area contributed by atoms with Crippen molar-refractivity contribution in [3.8, 4) is 0 Å². The molecule has 3 nitrogen and oxygen atoms in total. The first kappa shape index (κ1) is 13.4. The minimum Gasteiger partial charge on any atom is -0.450 e. The fraction of sp³-hybridized carbons (Fsp3) is 0.500. The van der Waals surface area contributed by atoms with Gasteiger partial charge in [0.05, 0.1) is 6.61 Å². The summed E-state index contributed by atoms with van der Waals surface area (Å²) in [6.45, 7) is 7.01. The van der Waals surface area contributed by atoms with Crippen molar-refractivity contribution in [3.05, 3.63) is 33.8 Å². The van der Waals surface area contributed by atoms with E-state index in [0.717, 1.165) is 10.9 Å². The number of carbonyl (C=O) groups excluding carboxylic acids is 1. The summed E-state index contributed by atoms with van der Waals surface area (Å²) in [6, 6.07) is 6.13. The average Bonchev–Trinajstić information content (AvgIpc) is 2.29. The van der Waals surface area contributed by atoms with Crippen LogP contribution in [0.4, 0.5) is 4.79 Å². The molecule has 0 aliphatic carbocycles. The lowest BCUT2D eigenvalue weighted by Crippen LogP contribution is -2.51. The van der Waals surface area contributed by atoms with Crippen molar-refractivity contribution in [3.63, 3.8) is 0 Å². The van der Waals surface area contributed by atoms with Crippen molar-refractivity contribution in [1.29, 1.82) is 0 Å². The van der Waals surface area contributed by atoms with Gasteiger partial charge in [-0.3, -0.25) is 4.90 Å². The molecule has 0 saturated carbocycles. The van der Waals surface area contributed by atoms with Gasteiger partial charge in [-0.05, 0) is 44.4 Å². The summed E-state index contributed by atoms with van der Waals surface area (Å²) in [6.07, 6.45) is 0.607. The highest BCUT2D eigenvalue weighted by molar-refractivity contribution is 9.10. The van der Waals surface area contributed by atoms with E-state index < -0.39 is 0 Å². The molecule has 4 heteroatoms. The number of carbonyl (C=O) groups is 1. The number of nitrogens with zero attached hydrogens (tertiary/aromatic N) is 1. The molecule has 1 amide bonds. The molecule has 0 unspecified atom stereocenters. The molecule has 98 valence electrons. The van der Waals surface area contributed by atoms with Crippen molar-refractivity contribution in [1.82, 2.24) is 4.90 Å². The number of halogens is 1. The van der Waals surface area contributed by atoms with Crippen LogP contribution in [-0.4, -0.2) is 23.1 Å². The lowest BCUT2D eigenvalue weighted by Gasteiger charge is -2.42. The SMILES string of the molecule is CCOC(=O)N1Cc2cccc(Br)c2CC1(C)C. The first-order valence-electron chi connectivity index (χ1n) is 6.16. The Balaban J connectivity index is 2.34. The molecule has 1 aromatic rings. The maximum atomic E-state index is 12.0. The number of rotatable bonds is 1. The minimum atomic E-state index is -0.229. The minimum absolute atomic E-state index is 0.219. The molecule has 1 aliphatic heterocycles. The molecule has 0 radical (unpaired) electrons. The van der Waals surface area contributed by atoms with Crippen LogP contribution in [0.25, 0.3) is 0 Å². The molecule has 0 atom stereocenters. The van der Waals surface area contributed by atoms with Gasteiger partial charge in [0.25, 0.3) is 0 Å². The third kappa shape index (κ3) is 2.39. The van der Waals surface area contributed by atoms with E-state index in [2.05, 4.69) is 41.9 Å². The Morgan fingerprint density at radius 1 is 1.50 bits per heavy atom. The van der Waals surface area contributed by atoms with Crippen molar-refractivity contribution < 1.29 is 9.53 Å². The van der Waals surface area contributed by atoms with Crippen LogP contribution in [0.1, 0.15) is 31.9 Å². The zero-order chi connectivity index (χ0) is 13.3. The maximum Gasteiger partial charge on any atom is 0.410 e. The molecule has 1 heterocycles. The maximum absolute atomic E-state index is 12.0. The second-order valence-electron chi connectivity index (χ2n) is 5.15. The van der Waals surface area contributed by atoms with Gasteiger partial charge in [-0.2, -0.15) is 0 Å². The molecule has 0 aromatic heterocycles. The van der Waals surface area contributed by atoms with Gasteiger partial charge in [0.1, 0.15) is 0 Å². The number of hydrogen-bond acceptors (Lipinski definition) is 2. The summed E-state index contributed by atoms with van der Waals surface area (Å²) in [5, 5.41) is 0. The smallest absolute Gasteiger partial charge is 0.410 e. The summed E-state index contributed by atoms with van der Waals surface area (Å²) < 4.78 is 6.26. The van der Waals surface area contributed by atoms with Crippen LogP contribution in [0.3, 0.4) is 0 Å². The molecular formula is C14H18BrNO2. The fourth-order valence-corrected chi connectivity index (χ4v) is 2.92. The Labute approximate surface area is 116 Å². The quantitative estimate of drug-likeness (QED) is 0.790. The largest absolute Gasteiger partial charge is 0.450 e. The molecule has 0 spiro atoms. The standard InChI is InChI=1S/C14H18BrNO2/c1-4-18-13(17)16-9-10-6-5-7-12(15)11(10)8-14(16,2)3/h5-7H,4,8-9H2,1-3H3. The van der Waals surface area contributed by atoms with E-state index in [-0.39, 0.29) is 11.6 Å². The van der Waals surface area contributed by atoms with Crippen LogP contribution in [0.15, 0.2) is 22.7 Å². The van der Waals surface area contributed by atoms with E-state index in [9.17, 15) is 4.79 Å². The van der Waals surface area contributed by atoms with Crippen LogP contribution < -0.4 is 0 Å². The molecule has 1 aliphatic rings. The Morgan fingerprint density at radius 2 is 2.22 bits per heavy atom. The van der Waals surface area contributed by atoms with Crippen LogP contribution >= 0.6 is 15.9 Å². The van der Waals surface area contributed by atoms with E-state index in [1.807, 2.05) is 17.9 Å². The predicted octanol–water partition coefficient (Wildman–Crippen LogP) is 3.74. The van der Waals surface area contributed by atoms with Crippen LogP contribution in [0.2, 0.25) is 0 Å². The third-order valence-electron chi connectivity index (χ3n) is 3.37. The molecule has 0 saturated heterocycles. The van der Waals surface area contributed by atoms with E-state index in [0.29, 0.717) is 13.2 Å². The van der Waals surface area contributed by atoms with Crippen LogP contribution in [-0.2, 0) is 17.7 Å². The topological polar surface area (TPSA) is 29.5 Å². The van der Waals surface area contributed by atoms with Crippen molar-refractivity contribution in [2.75, 3.05) is 6.61 Å². The first-order chi connectivity index (χ1) is 8.45. The first-order valence-corrected chi connectivity index (χ1v) is 6.95. The van der Waals surface area contributed by atoms with Crippen molar-refractivity contribution in [2.45, 2.75) is 39.3 Å². The van der Waals surface area contributed by atoms with Gasteiger partial charge >= 0.3 is 6.09 Å². The van der Waals surface area contributed by atoms with E-state index >= 15 is 0 Å². The van der Waals surface area contributed by atoms with E-state index in [1.165, 1.54) is 11.1 Å². The highest BCUT2D eigenvalue weighted by Gasteiger charge is 2.37. The summed E-state index contributed by atoms with van der Waals surface area (Å²) in [7, 11) is 0. The zero-order valence-electron chi connectivity index (χ0n) is 11.0. The monoisotopic (exact) mass is 311 g/mol. The normalized spacial score (nSPS) is 17.2. The van der Waals surface area contributed by atoms with Gasteiger partial charge < -0.3 is 4.74 Å². The third-order valence-corrected chi connectivity index (χ3v) is 4.12. The summed E-state index contributed by atoms with van der Waals surface area (Å²) in [5.41, 5.74) is 2.27. The van der Waals surface area contributed by atoms with Gasteiger partial charge in [-0.15, -0.1) is 0 Å². The van der Waals surface area contributed by atoms with Gasteiger partial charge in [0, 0.05) is 16.6 Å². The van der Waals surface area contributed by atoms with Crippen molar-refractivity contribution in [2.24, 2.45) is 0 Å². The number of fused-ring (bicyclic) bond motifs is 1. The molecule has 0 fully saturated rings. The summed E-state index contributed by atoms with van der Waals surface area (Å²) in [5.74, 6) is 0. The van der Waals surface area contributed by atoms with Crippen molar-refractivity contribution >= 4 is 22.0 Å². The predicted molar refractivity (Wildman–Crippen MR) is 74.5 cm³/mol. The number of ether oxygens (including phenoxy) is 1. The molecular weight excluding hydrogens is 294 g/mol. The molecule has 2 rings (SSSR count). The molecule has 0 bridgehead atoms. The highest BCUT2D eigenvalue weighted by atomic mass is 79.9. The number of benzene rings is 1. The van der Waals surface area contributed by atoms with E-state index in [4.69, 9.17) is 4.74 Å². The average molecular weight is 312 g/mol. The van der Waals surface area contributed by atoms with E-state index in [1.54, 1.807) is 0 Å². The lowest BCUT2D eigenvalue weighted by atomic mass is 9.86. The second kappa shape index (κ2) is 4.92. The Morgan fingerprint density at radius 3 is 2.89 bits per heavy atom. The highest BCUT2D eigenvalue weighted by Crippen LogP contribution is 2.34.